The highest BCUT2D eigenvalue weighted by atomic mass is 16.5. The normalized spacial score (nSPS) is 23.5. The van der Waals surface area contributed by atoms with Gasteiger partial charge in [-0.15, -0.1) is 0 Å². The van der Waals surface area contributed by atoms with E-state index in [1.807, 2.05) is 0 Å². The largest absolute Gasteiger partial charge is 0.480 e. The predicted octanol–water partition coefficient (Wildman–Crippen LogP) is 1.77. The first-order valence-corrected chi connectivity index (χ1v) is 9.49. The Bertz CT molecular complexity index is 452. The molecule has 2 fully saturated rings. The molecule has 2 rings (SSSR count). The molecule has 1 aliphatic carbocycles. The minimum atomic E-state index is -0.856. The number of carbonyl (C=O) groups is 2. The van der Waals surface area contributed by atoms with Crippen LogP contribution in [0.5, 0.6) is 0 Å². The van der Waals surface area contributed by atoms with Gasteiger partial charge in [0.05, 0.1) is 19.3 Å². The Labute approximate surface area is 150 Å². The summed E-state index contributed by atoms with van der Waals surface area (Å²) in [5.74, 6) is -0.856. The van der Waals surface area contributed by atoms with E-state index in [0.717, 1.165) is 13.0 Å². The molecule has 0 aromatic carbocycles. The number of morpholine rings is 1. The third-order valence-electron chi connectivity index (χ3n) is 5.63. The van der Waals surface area contributed by atoms with Crippen molar-refractivity contribution in [1.29, 1.82) is 0 Å². The highest BCUT2D eigenvalue weighted by molar-refractivity contribution is 5.74. The molecule has 1 saturated carbocycles. The van der Waals surface area contributed by atoms with Crippen LogP contribution in [0.4, 0.5) is 4.79 Å². The Morgan fingerprint density at radius 1 is 1.32 bits per heavy atom. The number of carboxylic acids is 1. The van der Waals surface area contributed by atoms with Gasteiger partial charge in [0.1, 0.15) is 0 Å². The molecule has 1 aliphatic heterocycles. The van der Waals surface area contributed by atoms with Crippen molar-refractivity contribution in [3.8, 4) is 0 Å². The number of hydrogen-bond donors (Lipinski definition) is 2. The van der Waals surface area contributed by atoms with E-state index in [9.17, 15) is 9.59 Å². The number of amides is 2. The van der Waals surface area contributed by atoms with Gasteiger partial charge in [0.15, 0.2) is 0 Å². The lowest BCUT2D eigenvalue weighted by atomic mass is 9.72. The molecule has 25 heavy (non-hydrogen) atoms. The molecule has 7 nitrogen and oxygen atoms in total. The molecule has 2 N–H and O–H groups in total. The van der Waals surface area contributed by atoms with Crippen LogP contribution in [0.1, 0.15) is 45.4 Å². The van der Waals surface area contributed by atoms with Gasteiger partial charge < -0.3 is 20.1 Å². The number of carboxylic acid groups (broad SMARTS) is 1. The van der Waals surface area contributed by atoms with E-state index in [2.05, 4.69) is 12.2 Å². The maximum Gasteiger partial charge on any atom is 0.317 e. The molecule has 144 valence electrons. The molecule has 0 radical (unpaired) electrons. The number of hydrogen-bond acceptors (Lipinski definition) is 4. The zero-order valence-corrected chi connectivity index (χ0v) is 15.6. The van der Waals surface area contributed by atoms with E-state index in [1.165, 1.54) is 32.1 Å². The van der Waals surface area contributed by atoms with Crippen LogP contribution in [-0.4, -0.2) is 79.4 Å². The van der Waals surface area contributed by atoms with Crippen molar-refractivity contribution in [2.75, 3.05) is 46.4 Å². The average Bonchev–Trinajstić information content (AvgIpc) is 2.60. The fraction of sp³-hybridized carbons (Fsp3) is 0.889. The van der Waals surface area contributed by atoms with Crippen molar-refractivity contribution in [1.82, 2.24) is 15.1 Å². The Kier molecular flexibility index (Phi) is 7.50. The van der Waals surface area contributed by atoms with Crippen molar-refractivity contribution in [2.45, 2.75) is 51.6 Å². The van der Waals surface area contributed by atoms with E-state index in [0.29, 0.717) is 26.2 Å². The Morgan fingerprint density at radius 2 is 2.04 bits per heavy atom. The summed E-state index contributed by atoms with van der Waals surface area (Å²) in [6, 6.07) is -0.0208. The minimum absolute atomic E-state index is 0.0208. The SMILES string of the molecule is CCC1(CNC(=O)N2CCOC(CN(C)CC(=O)O)C2)CCCCC1. The van der Waals surface area contributed by atoms with E-state index in [4.69, 9.17) is 9.84 Å². The zero-order chi connectivity index (χ0) is 18.3. The third-order valence-corrected chi connectivity index (χ3v) is 5.63. The average molecular weight is 355 g/mol. The highest BCUT2D eigenvalue weighted by Gasteiger charge is 2.32. The molecule has 1 atom stereocenters. The smallest absolute Gasteiger partial charge is 0.317 e. The van der Waals surface area contributed by atoms with Gasteiger partial charge in [-0.05, 0) is 31.7 Å². The molecule has 0 bridgehead atoms. The molecule has 7 heteroatoms. The first-order valence-electron chi connectivity index (χ1n) is 9.49. The van der Waals surface area contributed by atoms with Crippen molar-refractivity contribution >= 4 is 12.0 Å². The quantitative estimate of drug-likeness (QED) is 0.727. The Morgan fingerprint density at radius 3 is 2.68 bits per heavy atom. The van der Waals surface area contributed by atoms with Crippen LogP contribution < -0.4 is 5.32 Å². The fourth-order valence-electron chi connectivity index (χ4n) is 3.99. The lowest BCUT2D eigenvalue weighted by Gasteiger charge is -2.38. The first kappa shape index (κ1) is 20.0. The maximum atomic E-state index is 12.6. The molecule has 2 amide bonds. The molecule has 0 spiro atoms. The molecule has 0 aromatic rings. The molecule has 2 aliphatic rings. The number of carbonyl (C=O) groups excluding carboxylic acids is 1. The lowest BCUT2D eigenvalue weighted by molar-refractivity contribution is -0.138. The number of nitrogens with zero attached hydrogens (tertiary/aromatic N) is 2. The Balaban J connectivity index is 1.79. The summed E-state index contributed by atoms with van der Waals surface area (Å²) in [4.78, 5) is 26.8. The van der Waals surface area contributed by atoms with Gasteiger partial charge in [0, 0.05) is 26.2 Å². The van der Waals surface area contributed by atoms with Crippen LogP contribution in [0.25, 0.3) is 0 Å². The summed E-state index contributed by atoms with van der Waals surface area (Å²) >= 11 is 0. The molecular weight excluding hydrogens is 322 g/mol. The van der Waals surface area contributed by atoms with Crippen LogP contribution in [0.3, 0.4) is 0 Å². The zero-order valence-electron chi connectivity index (χ0n) is 15.6. The first-order chi connectivity index (χ1) is 11.9. The number of nitrogens with one attached hydrogen (secondary N) is 1. The molecule has 1 unspecified atom stereocenters. The van der Waals surface area contributed by atoms with Crippen molar-refractivity contribution < 1.29 is 19.4 Å². The summed E-state index contributed by atoms with van der Waals surface area (Å²) in [6.45, 7) is 5.06. The number of aliphatic carboxylic acids is 1. The second-order valence-corrected chi connectivity index (χ2v) is 7.60. The number of likely N-dealkylation sites (N-methyl/N-ethyl adjacent to an activating group) is 1. The molecule has 0 aromatic heterocycles. The van der Waals surface area contributed by atoms with Crippen LogP contribution in [0, 0.1) is 5.41 Å². The second kappa shape index (κ2) is 9.38. The molecule has 1 saturated heterocycles. The number of ether oxygens (including phenoxy) is 1. The van der Waals surface area contributed by atoms with Gasteiger partial charge in [0.2, 0.25) is 0 Å². The minimum Gasteiger partial charge on any atom is -0.480 e. The predicted molar refractivity (Wildman–Crippen MR) is 95.7 cm³/mol. The van der Waals surface area contributed by atoms with Crippen molar-refractivity contribution in [3.63, 3.8) is 0 Å². The maximum absolute atomic E-state index is 12.6. The third kappa shape index (κ3) is 6.15. The van der Waals surface area contributed by atoms with Crippen LogP contribution in [0.2, 0.25) is 0 Å². The topological polar surface area (TPSA) is 82.1 Å². The number of rotatable bonds is 7. The van der Waals surface area contributed by atoms with Gasteiger partial charge in [-0.1, -0.05) is 26.2 Å². The van der Waals surface area contributed by atoms with Gasteiger partial charge in [-0.2, -0.15) is 0 Å². The van der Waals surface area contributed by atoms with E-state index in [-0.39, 0.29) is 24.1 Å². The Hall–Kier alpha value is -1.34. The van der Waals surface area contributed by atoms with Crippen molar-refractivity contribution in [2.24, 2.45) is 5.41 Å². The van der Waals surface area contributed by atoms with Gasteiger partial charge in [0.25, 0.3) is 0 Å². The highest BCUT2D eigenvalue weighted by Crippen LogP contribution is 2.38. The van der Waals surface area contributed by atoms with E-state index in [1.54, 1.807) is 16.8 Å². The van der Waals surface area contributed by atoms with Crippen molar-refractivity contribution in [3.05, 3.63) is 0 Å². The van der Waals surface area contributed by atoms with Gasteiger partial charge in [-0.25, -0.2) is 4.79 Å². The lowest BCUT2D eigenvalue weighted by Crippen LogP contribution is -2.53. The molecular formula is C18H33N3O4. The molecule has 1 heterocycles. The standard InChI is InChI=1S/C18H33N3O4/c1-3-18(7-5-4-6-8-18)14-19-17(24)21-9-10-25-15(12-21)11-20(2)13-16(22)23/h15H,3-14H2,1-2H3,(H,19,24)(H,22,23). The van der Waals surface area contributed by atoms with Crippen LogP contribution >= 0.6 is 0 Å². The summed E-state index contributed by atoms with van der Waals surface area (Å²) < 4.78 is 5.69. The second-order valence-electron chi connectivity index (χ2n) is 7.60. The summed E-state index contributed by atoms with van der Waals surface area (Å²) in [7, 11) is 1.75. The van der Waals surface area contributed by atoms with Gasteiger partial charge in [-0.3, -0.25) is 9.69 Å². The number of urea groups is 1. The summed E-state index contributed by atoms with van der Waals surface area (Å²) in [6.07, 6.45) is 7.21. The van der Waals surface area contributed by atoms with E-state index < -0.39 is 5.97 Å². The van der Waals surface area contributed by atoms with Crippen LogP contribution in [-0.2, 0) is 9.53 Å². The van der Waals surface area contributed by atoms with Crippen LogP contribution in [0.15, 0.2) is 0 Å². The monoisotopic (exact) mass is 355 g/mol. The summed E-state index contributed by atoms with van der Waals surface area (Å²) in [5.41, 5.74) is 0.265. The van der Waals surface area contributed by atoms with E-state index >= 15 is 0 Å². The summed E-state index contributed by atoms with van der Waals surface area (Å²) in [5, 5.41) is 12.0. The fourth-order valence-corrected chi connectivity index (χ4v) is 3.99. The van der Waals surface area contributed by atoms with Gasteiger partial charge >= 0.3 is 12.0 Å².